The Kier molecular flexibility index (Phi) is 5.67. The van der Waals surface area contributed by atoms with Gasteiger partial charge >= 0.3 is 0 Å². The molecule has 0 bridgehead atoms. The fourth-order valence-corrected chi connectivity index (χ4v) is 2.42. The topological polar surface area (TPSA) is 9.23 Å². The largest absolute Gasteiger partial charge is 0.460 e. The first-order chi connectivity index (χ1) is 8.61. The quantitative estimate of drug-likeness (QED) is 0.620. The van der Waals surface area contributed by atoms with Gasteiger partial charge in [-0.25, -0.2) is 4.39 Å². The second kappa shape index (κ2) is 6.79. The molecule has 0 saturated carbocycles. The van der Waals surface area contributed by atoms with E-state index in [1.807, 2.05) is 0 Å². The molecule has 0 saturated heterocycles. The summed E-state index contributed by atoms with van der Waals surface area (Å²) in [6.45, 7) is 6.38. The van der Waals surface area contributed by atoms with E-state index in [9.17, 15) is 4.39 Å². The molecule has 0 radical (unpaired) electrons. The number of hydrogen-bond donors (Lipinski definition) is 0. The lowest BCUT2D eigenvalue weighted by Gasteiger charge is -2.32. The Morgan fingerprint density at radius 3 is 2.06 bits per heavy atom. The van der Waals surface area contributed by atoms with E-state index in [0.717, 1.165) is 25.0 Å². The highest BCUT2D eigenvalue weighted by Crippen LogP contribution is 2.39. The highest BCUT2D eigenvalue weighted by molar-refractivity contribution is 6.25. The third-order valence-electron chi connectivity index (χ3n) is 3.69. The van der Waals surface area contributed by atoms with Crippen LogP contribution in [-0.4, -0.2) is 0 Å². The number of hydrogen-bond acceptors (Lipinski definition) is 1. The van der Waals surface area contributed by atoms with Gasteiger partial charge in [-0.2, -0.15) is 0 Å². The zero-order valence-electron chi connectivity index (χ0n) is 11.2. The molecule has 0 unspecified atom stereocenters. The third-order valence-corrected chi connectivity index (χ3v) is 3.89. The number of ether oxygens (including phenoxy) is 1. The van der Waals surface area contributed by atoms with E-state index >= 15 is 0 Å². The minimum absolute atomic E-state index is 0.0455. The molecule has 1 aromatic rings. The fourth-order valence-electron chi connectivity index (χ4n) is 2.15. The molecule has 0 spiro atoms. The van der Waals surface area contributed by atoms with E-state index in [2.05, 4.69) is 20.8 Å². The first kappa shape index (κ1) is 15.0. The van der Waals surface area contributed by atoms with Crippen LogP contribution in [0.15, 0.2) is 35.6 Å². The van der Waals surface area contributed by atoms with Gasteiger partial charge in [0.15, 0.2) is 0 Å². The SMILES string of the molecule is CCC(CC)(CC)/C(=C/Cl)Oc1ccc(F)cc1. The predicted octanol–water partition coefficient (Wildman–Crippen LogP) is 5.50. The Labute approximate surface area is 114 Å². The Morgan fingerprint density at radius 2 is 1.67 bits per heavy atom. The van der Waals surface area contributed by atoms with E-state index in [4.69, 9.17) is 16.3 Å². The van der Waals surface area contributed by atoms with Crippen LogP contribution in [0.3, 0.4) is 0 Å². The molecule has 0 aliphatic heterocycles. The number of halogens is 2. The number of benzene rings is 1. The first-order valence-corrected chi connectivity index (χ1v) is 6.79. The lowest BCUT2D eigenvalue weighted by molar-refractivity contribution is 0.208. The molecule has 0 N–H and O–H groups in total. The average molecular weight is 271 g/mol. The predicted molar refractivity (Wildman–Crippen MR) is 74.3 cm³/mol. The molecular formula is C15H20ClFO. The summed E-state index contributed by atoms with van der Waals surface area (Å²) in [4.78, 5) is 0. The minimum atomic E-state index is -0.272. The summed E-state index contributed by atoms with van der Waals surface area (Å²) in [5.41, 5.74) is 1.45. The van der Waals surface area contributed by atoms with Gasteiger partial charge in [0, 0.05) is 11.0 Å². The molecule has 1 rings (SSSR count). The zero-order valence-corrected chi connectivity index (χ0v) is 11.9. The van der Waals surface area contributed by atoms with E-state index in [0.29, 0.717) is 5.75 Å². The molecule has 0 aromatic heterocycles. The molecule has 3 heteroatoms. The standard InChI is InChI=1S/C15H20ClFO/c1-4-15(5-2,6-3)14(11-16)18-13-9-7-12(17)8-10-13/h7-11H,4-6H2,1-3H3/b14-11-. The van der Waals surface area contributed by atoms with Gasteiger partial charge < -0.3 is 4.74 Å². The van der Waals surface area contributed by atoms with E-state index in [1.54, 1.807) is 12.1 Å². The molecule has 0 heterocycles. The minimum Gasteiger partial charge on any atom is -0.460 e. The van der Waals surface area contributed by atoms with Crippen LogP contribution >= 0.6 is 11.6 Å². The van der Waals surface area contributed by atoms with E-state index in [-0.39, 0.29) is 11.2 Å². The van der Waals surface area contributed by atoms with Gasteiger partial charge in [-0.1, -0.05) is 32.4 Å². The highest BCUT2D eigenvalue weighted by atomic mass is 35.5. The number of rotatable bonds is 6. The summed E-state index contributed by atoms with van der Waals surface area (Å²) in [6.07, 6.45) is 2.87. The van der Waals surface area contributed by atoms with Crippen molar-refractivity contribution in [1.29, 1.82) is 0 Å². The zero-order chi connectivity index (χ0) is 13.6. The van der Waals surface area contributed by atoms with Gasteiger partial charge in [0.1, 0.15) is 17.3 Å². The van der Waals surface area contributed by atoms with Gasteiger partial charge in [0.25, 0.3) is 0 Å². The molecule has 100 valence electrons. The van der Waals surface area contributed by atoms with Crippen LogP contribution in [0.2, 0.25) is 0 Å². The molecule has 18 heavy (non-hydrogen) atoms. The maximum absolute atomic E-state index is 12.8. The Bertz CT molecular complexity index is 385. The summed E-state index contributed by atoms with van der Waals surface area (Å²) in [5, 5.41) is 0. The van der Waals surface area contributed by atoms with Crippen LogP contribution in [0.1, 0.15) is 40.0 Å². The second-order valence-corrected chi connectivity index (χ2v) is 4.59. The molecular weight excluding hydrogens is 251 g/mol. The first-order valence-electron chi connectivity index (χ1n) is 6.36. The van der Waals surface area contributed by atoms with Crippen molar-refractivity contribution in [3.8, 4) is 5.75 Å². The summed E-state index contributed by atoms with van der Waals surface area (Å²) < 4.78 is 18.7. The summed E-state index contributed by atoms with van der Waals surface area (Å²) in [6, 6.07) is 5.99. The van der Waals surface area contributed by atoms with Crippen molar-refractivity contribution in [3.05, 3.63) is 41.4 Å². The van der Waals surface area contributed by atoms with Crippen molar-refractivity contribution in [1.82, 2.24) is 0 Å². The maximum atomic E-state index is 12.8. The van der Waals surface area contributed by atoms with Crippen LogP contribution in [-0.2, 0) is 0 Å². The molecule has 1 aromatic carbocycles. The highest BCUT2D eigenvalue weighted by Gasteiger charge is 2.30. The Morgan fingerprint density at radius 1 is 1.17 bits per heavy atom. The van der Waals surface area contributed by atoms with Gasteiger partial charge in [-0.15, -0.1) is 0 Å². The van der Waals surface area contributed by atoms with Crippen LogP contribution < -0.4 is 4.74 Å². The molecule has 0 aliphatic rings. The van der Waals surface area contributed by atoms with Crippen LogP contribution in [0, 0.1) is 11.2 Å². The van der Waals surface area contributed by atoms with Gasteiger partial charge in [-0.3, -0.25) is 0 Å². The lowest BCUT2D eigenvalue weighted by atomic mass is 9.78. The number of allylic oxidation sites excluding steroid dienone is 1. The lowest BCUT2D eigenvalue weighted by Crippen LogP contribution is -2.24. The van der Waals surface area contributed by atoms with Gasteiger partial charge in [0.05, 0.1) is 0 Å². The van der Waals surface area contributed by atoms with Gasteiger partial charge in [-0.05, 0) is 43.5 Å². The summed E-state index contributed by atoms with van der Waals surface area (Å²) in [7, 11) is 0. The third kappa shape index (κ3) is 3.26. The van der Waals surface area contributed by atoms with E-state index in [1.165, 1.54) is 17.7 Å². The second-order valence-electron chi connectivity index (χ2n) is 4.37. The molecule has 0 aliphatic carbocycles. The van der Waals surface area contributed by atoms with Crippen LogP contribution in [0.25, 0.3) is 0 Å². The molecule has 0 amide bonds. The van der Waals surface area contributed by atoms with Crippen molar-refractivity contribution in [2.45, 2.75) is 40.0 Å². The Hall–Kier alpha value is -1.02. The van der Waals surface area contributed by atoms with Crippen molar-refractivity contribution in [3.63, 3.8) is 0 Å². The summed E-state index contributed by atoms with van der Waals surface area (Å²) in [5.74, 6) is 1.10. The smallest absolute Gasteiger partial charge is 0.127 e. The average Bonchev–Trinajstić information content (AvgIpc) is 2.42. The van der Waals surface area contributed by atoms with Crippen LogP contribution in [0.5, 0.6) is 5.75 Å². The van der Waals surface area contributed by atoms with Crippen molar-refractivity contribution in [2.24, 2.45) is 5.41 Å². The molecule has 0 atom stereocenters. The van der Waals surface area contributed by atoms with Crippen molar-refractivity contribution < 1.29 is 9.13 Å². The van der Waals surface area contributed by atoms with E-state index < -0.39 is 0 Å². The Balaban J connectivity index is 2.94. The van der Waals surface area contributed by atoms with Crippen molar-refractivity contribution in [2.75, 3.05) is 0 Å². The van der Waals surface area contributed by atoms with Crippen molar-refractivity contribution >= 4 is 11.6 Å². The molecule has 1 nitrogen and oxygen atoms in total. The fraction of sp³-hybridized carbons (Fsp3) is 0.467. The monoisotopic (exact) mass is 270 g/mol. The maximum Gasteiger partial charge on any atom is 0.127 e. The molecule has 0 fully saturated rings. The summed E-state index contributed by atoms with van der Waals surface area (Å²) >= 11 is 5.91. The normalized spacial score (nSPS) is 12.6. The van der Waals surface area contributed by atoms with Crippen LogP contribution in [0.4, 0.5) is 4.39 Å². The van der Waals surface area contributed by atoms with Gasteiger partial charge in [0.2, 0.25) is 0 Å².